The predicted molar refractivity (Wildman–Crippen MR) is 58.2 cm³/mol. The molecule has 0 aromatic carbocycles. The summed E-state index contributed by atoms with van der Waals surface area (Å²) in [5.41, 5.74) is 4.42. The third-order valence-corrected chi connectivity index (χ3v) is 2.68. The molecule has 17 heavy (non-hydrogen) atoms. The minimum Gasteiger partial charge on any atom is -0.402 e. The summed E-state index contributed by atoms with van der Waals surface area (Å²) < 4.78 is 39.7. The van der Waals surface area contributed by atoms with Crippen LogP contribution in [0.1, 0.15) is 5.69 Å². The summed E-state index contributed by atoms with van der Waals surface area (Å²) >= 11 is 1.38. The van der Waals surface area contributed by atoms with Gasteiger partial charge < -0.3 is 10.5 Å². The second kappa shape index (κ2) is 5.00. The normalized spacial score (nSPS) is 11.4. The summed E-state index contributed by atoms with van der Waals surface area (Å²) in [6.07, 6.45) is -4.12. The first-order valence-corrected chi connectivity index (χ1v) is 5.11. The van der Waals surface area contributed by atoms with E-state index in [1.165, 1.54) is 22.6 Å². The molecule has 0 unspecified atom stereocenters. The van der Waals surface area contributed by atoms with Gasteiger partial charge in [0.1, 0.15) is 9.77 Å². The highest BCUT2D eigenvalue weighted by Gasteiger charge is 2.35. The summed E-state index contributed by atoms with van der Waals surface area (Å²) in [5.74, 6) is -0.727. The van der Waals surface area contributed by atoms with Gasteiger partial charge in [-0.2, -0.15) is 0 Å². The summed E-state index contributed by atoms with van der Waals surface area (Å²) in [7, 11) is 0. The molecule has 0 aliphatic rings. The van der Waals surface area contributed by atoms with Crippen molar-refractivity contribution >= 4 is 28.3 Å². The van der Waals surface area contributed by atoms with Gasteiger partial charge >= 0.3 is 12.0 Å². The van der Waals surface area contributed by atoms with Gasteiger partial charge in [0.15, 0.2) is 5.75 Å². The van der Waals surface area contributed by atoms with Gasteiger partial charge in [0.2, 0.25) is 0 Å². The molecule has 0 bridgehead atoms. The highest BCUT2D eigenvalue weighted by molar-refractivity contribution is 14.1. The van der Waals surface area contributed by atoms with Crippen molar-refractivity contribution in [3.8, 4) is 5.75 Å². The molecule has 6 nitrogen and oxygen atoms in total. The first-order valence-electron chi connectivity index (χ1n) is 4.04. The third kappa shape index (κ3) is 3.39. The van der Waals surface area contributed by atoms with Crippen LogP contribution >= 0.6 is 22.6 Å². The summed E-state index contributed by atoms with van der Waals surface area (Å²) in [6, 6.07) is 0. The monoisotopic (exact) mass is 363 g/mol. The van der Waals surface area contributed by atoms with Crippen molar-refractivity contribution in [2.75, 3.05) is 0 Å². The predicted octanol–water partition coefficient (Wildman–Crippen LogP) is 1.95. The Morgan fingerprint density at radius 2 is 2.18 bits per heavy atom. The molecule has 1 rings (SSSR count). The smallest absolute Gasteiger partial charge is 0.402 e. The summed E-state index contributed by atoms with van der Waals surface area (Å²) in [4.78, 5) is 13.1. The van der Waals surface area contributed by atoms with Gasteiger partial charge in [-0.15, -0.1) is 13.2 Å². The number of nitrogens with two attached hydrogens (primary N) is 1. The maximum atomic E-state index is 12.1. The van der Waals surface area contributed by atoms with Crippen LogP contribution in [0.4, 0.5) is 18.9 Å². The van der Waals surface area contributed by atoms with Crippen LogP contribution in [0, 0.1) is 13.7 Å². The van der Waals surface area contributed by atoms with E-state index in [9.17, 15) is 23.3 Å². The minimum absolute atomic E-state index is 0.197. The van der Waals surface area contributed by atoms with Crippen LogP contribution in [0.15, 0.2) is 6.20 Å². The second-order valence-corrected chi connectivity index (χ2v) is 3.82. The van der Waals surface area contributed by atoms with Gasteiger partial charge in [0.25, 0.3) is 0 Å². The average molecular weight is 363 g/mol. The molecule has 0 aliphatic heterocycles. The van der Waals surface area contributed by atoms with E-state index in [1.807, 2.05) is 0 Å². The standard InChI is InChI=1S/C7H5F3IN3O3/c8-7(9,10)17-6-3(1-12)13-2-4(5(6)11)14(15)16/h2H,1,12H2. The van der Waals surface area contributed by atoms with Crippen LogP contribution in [0.3, 0.4) is 0 Å². The van der Waals surface area contributed by atoms with E-state index in [2.05, 4.69) is 9.72 Å². The molecule has 0 radical (unpaired) electrons. The van der Waals surface area contributed by atoms with Gasteiger partial charge in [0.05, 0.1) is 10.6 Å². The topological polar surface area (TPSA) is 91.3 Å². The molecule has 1 heterocycles. The first-order chi connectivity index (χ1) is 7.76. The van der Waals surface area contributed by atoms with Gasteiger partial charge in [-0.05, 0) is 22.6 Å². The van der Waals surface area contributed by atoms with Crippen LogP contribution in [0.25, 0.3) is 0 Å². The Balaban J connectivity index is 3.32. The van der Waals surface area contributed by atoms with E-state index >= 15 is 0 Å². The van der Waals surface area contributed by atoms with Crippen molar-refractivity contribution in [3.63, 3.8) is 0 Å². The number of halogens is 4. The lowest BCUT2D eigenvalue weighted by Gasteiger charge is -2.13. The molecular weight excluding hydrogens is 358 g/mol. The average Bonchev–Trinajstić information content (AvgIpc) is 2.18. The summed E-state index contributed by atoms with van der Waals surface area (Å²) in [6.45, 7) is -0.320. The van der Waals surface area contributed by atoms with E-state index in [1.54, 1.807) is 0 Å². The zero-order valence-corrected chi connectivity index (χ0v) is 10.2. The van der Waals surface area contributed by atoms with E-state index in [4.69, 9.17) is 5.73 Å². The van der Waals surface area contributed by atoms with Gasteiger partial charge in [-0.1, -0.05) is 0 Å². The molecule has 94 valence electrons. The van der Waals surface area contributed by atoms with E-state index in [-0.39, 0.29) is 15.8 Å². The highest BCUT2D eigenvalue weighted by Crippen LogP contribution is 2.35. The number of ether oxygens (including phenoxy) is 1. The Labute approximate surface area is 106 Å². The number of rotatable bonds is 3. The largest absolute Gasteiger partial charge is 0.573 e. The SMILES string of the molecule is NCc1ncc([N+](=O)[O-])c(I)c1OC(F)(F)F. The van der Waals surface area contributed by atoms with Crippen molar-refractivity contribution in [1.29, 1.82) is 0 Å². The maximum absolute atomic E-state index is 12.1. The van der Waals surface area contributed by atoms with Crippen molar-refractivity contribution in [3.05, 3.63) is 25.6 Å². The van der Waals surface area contributed by atoms with E-state index in [0.29, 0.717) is 0 Å². The third-order valence-electron chi connectivity index (χ3n) is 1.64. The summed E-state index contributed by atoms with van der Waals surface area (Å²) in [5, 5.41) is 10.5. The lowest BCUT2D eigenvalue weighted by molar-refractivity contribution is -0.386. The number of nitro groups is 1. The second-order valence-electron chi connectivity index (χ2n) is 2.74. The number of nitrogens with zero attached hydrogens (tertiary/aromatic N) is 2. The Morgan fingerprint density at radius 1 is 1.59 bits per heavy atom. The molecular formula is C7H5F3IN3O3. The van der Waals surface area contributed by atoms with Crippen LogP contribution in [0.5, 0.6) is 5.75 Å². The molecule has 1 aromatic heterocycles. The lowest BCUT2D eigenvalue weighted by Crippen LogP contribution is -2.20. The minimum atomic E-state index is -4.96. The molecule has 10 heteroatoms. The molecule has 0 amide bonds. The molecule has 2 N–H and O–H groups in total. The van der Waals surface area contributed by atoms with Gasteiger partial charge in [-0.3, -0.25) is 10.1 Å². The maximum Gasteiger partial charge on any atom is 0.573 e. The number of hydrogen-bond acceptors (Lipinski definition) is 5. The Bertz CT molecular complexity index is 452. The Hall–Kier alpha value is -1.17. The van der Waals surface area contributed by atoms with E-state index in [0.717, 1.165) is 6.20 Å². The van der Waals surface area contributed by atoms with Crippen LogP contribution in [0.2, 0.25) is 0 Å². The zero-order valence-electron chi connectivity index (χ0n) is 7.99. The molecule has 1 aromatic rings. The lowest BCUT2D eigenvalue weighted by atomic mass is 10.3. The number of alkyl halides is 3. The van der Waals surface area contributed by atoms with Crippen molar-refractivity contribution in [1.82, 2.24) is 4.98 Å². The fraction of sp³-hybridized carbons (Fsp3) is 0.286. The molecule has 0 fully saturated rings. The van der Waals surface area contributed by atoms with Crippen molar-refractivity contribution in [2.24, 2.45) is 5.73 Å². The van der Waals surface area contributed by atoms with Crippen LogP contribution in [-0.4, -0.2) is 16.3 Å². The number of pyridine rings is 1. The number of hydrogen-bond donors (Lipinski definition) is 1. The van der Waals surface area contributed by atoms with Crippen LogP contribution in [-0.2, 0) is 6.54 Å². The molecule has 0 spiro atoms. The Kier molecular flexibility index (Phi) is 4.08. The van der Waals surface area contributed by atoms with Crippen molar-refractivity contribution in [2.45, 2.75) is 12.9 Å². The molecule has 0 saturated carbocycles. The van der Waals surface area contributed by atoms with Gasteiger partial charge in [0, 0.05) is 6.54 Å². The molecule has 0 atom stereocenters. The molecule has 0 saturated heterocycles. The van der Waals surface area contributed by atoms with Crippen LogP contribution < -0.4 is 10.5 Å². The quantitative estimate of drug-likeness (QED) is 0.504. The fourth-order valence-corrected chi connectivity index (χ4v) is 1.75. The number of aromatic nitrogens is 1. The Morgan fingerprint density at radius 3 is 2.59 bits per heavy atom. The zero-order chi connectivity index (χ0) is 13.2. The van der Waals surface area contributed by atoms with E-state index < -0.39 is 22.7 Å². The van der Waals surface area contributed by atoms with Gasteiger partial charge in [-0.25, -0.2) is 4.98 Å². The first kappa shape index (κ1) is 13.9. The highest BCUT2D eigenvalue weighted by atomic mass is 127. The molecule has 0 aliphatic carbocycles. The van der Waals surface area contributed by atoms with Crippen molar-refractivity contribution < 1.29 is 22.8 Å². The fourth-order valence-electron chi connectivity index (χ4n) is 0.989.